The summed E-state index contributed by atoms with van der Waals surface area (Å²) in [6, 6.07) is 16.1. The van der Waals surface area contributed by atoms with E-state index >= 15 is 0 Å². The van der Waals surface area contributed by atoms with Crippen molar-refractivity contribution in [2.45, 2.75) is 13.0 Å². The number of hydrogen-bond acceptors (Lipinski definition) is 4. The number of ether oxygens (including phenoxy) is 1. The van der Waals surface area contributed by atoms with Crippen molar-refractivity contribution in [3.8, 4) is 17.2 Å². The summed E-state index contributed by atoms with van der Waals surface area (Å²) < 4.78 is 13.1. The summed E-state index contributed by atoms with van der Waals surface area (Å²) in [4.78, 5) is 4.64. The summed E-state index contributed by atoms with van der Waals surface area (Å²) in [6.45, 7) is 1.30. The number of para-hydroxylation sites is 1. The van der Waals surface area contributed by atoms with Gasteiger partial charge in [-0.1, -0.05) is 18.2 Å². The topological polar surface area (TPSA) is 66.2 Å². The van der Waals surface area contributed by atoms with Gasteiger partial charge in [0.1, 0.15) is 12.0 Å². The van der Waals surface area contributed by atoms with E-state index in [1.54, 1.807) is 13.4 Å². The molecular formula is C21H21N3O2. The minimum atomic E-state index is 0.612. The first kappa shape index (κ1) is 16.4. The molecule has 5 nitrogen and oxygen atoms in total. The maximum atomic E-state index is 5.76. The molecule has 0 aliphatic heterocycles. The van der Waals surface area contributed by atoms with E-state index in [0.29, 0.717) is 19.0 Å². The highest BCUT2D eigenvalue weighted by Gasteiger charge is 2.11. The van der Waals surface area contributed by atoms with Crippen molar-refractivity contribution in [3.63, 3.8) is 0 Å². The molecule has 0 saturated carbocycles. The van der Waals surface area contributed by atoms with E-state index in [0.717, 1.165) is 23.4 Å². The van der Waals surface area contributed by atoms with Crippen molar-refractivity contribution < 1.29 is 9.15 Å². The van der Waals surface area contributed by atoms with E-state index in [1.165, 1.54) is 16.5 Å². The third-order valence-corrected chi connectivity index (χ3v) is 4.51. The summed E-state index contributed by atoms with van der Waals surface area (Å²) in [6.07, 6.45) is 4.75. The molecule has 2 aromatic carbocycles. The predicted molar refractivity (Wildman–Crippen MR) is 102 cm³/mol. The van der Waals surface area contributed by atoms with E-state index in [4.69, 9.17) is 14.9 Å². The second kappa shape index (κ2) is 7.06. The third-order valence-electron chi connectivity index (χ3n) is 4.51. The molecule has 4 aromatic rings. The molecular weight excluding hydrogens is 326 g/mol. The molecule has 2 N–H and O–H groups in total. The Bertz CT molecular complexity index is 1020. The fraction of sp³-hybridized carbons (Fsp3) is 0.190. The number of nitrogens with two attached hydrogens (primary N) is 1. The van der Waals surface area contributed by atoms with Gasteiger partial charge in [0.15, 0.2) is 0 Å². The summed E-state index contributed by atoms with van der Waals surface area (Å²) in [5, 5.41) is 1.25. The molecule has 0 amide bonds. The highest BCUT2D eigenvalue weighted by molar-refractivity contribution is 5.84. The average Bonchev–Trinajstić information content (AvgIpc) is 3.28. The minimum absolute atomic E-state index is 0.612. The summed E-state index contributed by atoms with van der Waals surface area (Å²) >= 11 is 0. The van der Waals surface area contributed by atoms with Crippen LogP contribution in [0.1, 0.15) is 11.3 Å². The molecule has 132 valence electrons. The van der Waals surface area contributed by atoms with Crippen LogP contribution >= 0.6 is 0 Å². The molecule has 0 aliphatic carbocycles. The number of methoxy groups -OCH3 is 1. The molecule has 0 radical (unpaired) electrons. The lowest BCUT2D eigenvalue weighted by atomic mass is 10.1. The molecule has 0 spiro atoms. The molecule has 0 bridgehead atoms. The van der Waals surface area contributed by atoms with E-state index in [2.05, 4.69) is 40.0 Å². The summed E-state index contributed by atoms with van der Waals surface area (Å²) in [5.41, 5.74) is 10.0. The average molecular weight is 347 g/mol. The maximum Gasteiger partial charge on any atom is 0.226 e. The smallest absolute Gasteiger partial charge is 0.226 e. The summed E-state index contributed by atoms with van der Waals surface area (Å²) in [7, 11) is 1.65. The fourth-order valence-electron chi connectivity index (χ4n) is 3.23. The van der Waals surface area contributed by atoms with Crippen molar-refractivity contribution >= 4 is 10.9 Å². The summed E-state index contributed by atoms with van der Waals surface area (Å²) in [5.74, 6) is 1.42. The lowest BCUT2D eigenvalue weighted by Gasteiger charge is -2.02. The van der Waals surface area contributed by atoms with Gasteiger partial charge in [0, 0.05) is 22.7 Å². The van der Waals surface area contributed by atoms with Gasteiger partial charge in [-0.3, -0.25) is 0 Å². The van der Waals surface area contributed by atoms with Crippen LogP contribution in [0.4, 0.5) is 0 Å². The van der Waals surface area contributed by atoms with Gasteiger partial charge in [0.2, 0.25) is 5.89 Å². The molecule has 26 heavy (non-hydrogen) atoms. The van der Waals surface area contributed by atoms with Crippen LogP contribution in [0, 0.1) is 0 Å². The van der Waals surface area contributed by atoms with E-state index in [9.17, 15) is 0 Å². The Morgan fingerprint density at radius 3 is 2.69 bits per heavy atom. The van der Waals surface area contributed by atoms with Gasteiger partial charge >= 0.3 is 0 Å². The Labute approximate surface area is 152 Å². The van der Waals surface area contributed by atoms with Gasteiger partial charge in [-0.15, -0.1) is 0 Å². The third kappa shape index (κ3) is 3.09. The van der Waals surface area contributed by atoms with Gasteiger partial charge < -0.3 is 19.5 Å². The quantitative estimate of drug-likeness (QED) is 0.575. The van der Waals surface area contributed by atoms with E-state index in [1.807, 2.05) is 24.3 Å². The van der Waals surface area contributed by atoms with Crippen LogP contribution in [0.2, 0.25) is 0 Å². The number of oxazole rings is 1. The van der Waals surface area contributed by atoms with Crippen LogP contribution in [0.15, 0.2) is 65.4 Å². The van der Waals surface area contributed by atoms with Gasteiger partial charge in [-0.25, -0.2) is 4.98 Å². The highest BCUT2D eigenvalue weighted by atomic mass is 16.5. The Kier molecular flexibility index (Phi) is 4.46. The normalized spacial score (nSPS) is 11.2. The maximum absolute atomic E-state index is 5.76. The van der Waals surface area contributed by atoms with Crippen LogP contribution in [-0.2, 0) is 13.0 Å². The van der Waals surface area contributed by atoms with Crippen LogP contribution in [0.5, 0.6) is 5.75 Å². The second-order valence-corrected chi connectivity index (χ2v) is 6.21. The van der Waals surface area contributed by atoms with Crippen molar-refractivity contribution in [1.29, 1.82) is 0 Å². The standard InChI is InChI=1S/C21H21N3O2/c1-25-18-8-6-15(7-9-18)21-23-17(14-26-21)13-24-12-16(10-11-22)19-4-2-3-5-20(19)24/h2-9,12,14H,10-11,13,22H2,1H3. The van der Waals surface area contributed by atoms with Gasteiger partial charge in [-0.05, 0) is 48.9 Å². The first-order valence-corrected chi connectivity index (χ1v) is 8.64. The van der Waals surface area contributed by atoms with Gasteiger partial charge in [-0.2, -0.15) is 0 Å². The molecule has 0 unspecified atom stereocenters. The zero-order valence-electron chi connectivity index (χ0n) is 14.7. The monoisotopic (exact) mass is 347 g/mol. The number of hydrogen-bond donors (Lipinski definition) is 1. The SMILES string of the molecule is COc1ccc(-c2nc(Cn3cc(CCN)c4ccccc43)co2)cc1. The van der Waals surface area contributed by atoms with Crippen LogP contribution < -0.4 is 10.5 Å². The first-order valence-electron chi connectivity index (χ1n) is 8.64. The molecule has 0 atom stereocenters. The zero-order chi connectivity index (χ0) is 17.9. The number of benzene rings is 2. The molecule has 0 fully saturated rings. The Balaban J connectivity index is 1.62. The van der Waals surface area contributed by atoms with Crippen molar-refractivity contribution in [3.05, 3.63) is 72.2 Å². The van der Waals surface area contributed by atoms with Crippen LogP contribution in [0.25, 0.3) is 22.4 Å². The lowest BCUT2D eigenvalue weighted by molar-refractivity contribution is 0.415. The van der Waals surface area contributed by atoms with Crippen molar-refractivity contribution in [2.24, 2.45) is 5.73 Å². The van der Waals surface area contributed by atoms with Crippen LogP contribution in [0.3, 0.4) is 0 Å². The molecule has 4 rings (SSSR count). The van der Waals surface area contributed by atoms with Gasteiger partial charge in [0.05, 0.1) is 19.3 Å². The molecule has 2 heterocycles. The van der Waals surface area contributed by atoms with Gasteiger partial charge in [0.25, 0.3) is 0 Å². The first-order chi connectivity index (χ1) is 12.8. The van der Waals surface area contributed by atoms with Crippen LogP contribution in [-0.4, -0.2) is 23.2 Å². The molecule has 0 aliphatic rings. The molecule has 2 aromatic heterocycles. The van der Waals surface area contributed by atoms with Crippen molar-refractivity contribution in [1.82, 2.24) is 9.55 Å². The Hall–Kier alpha value is -3.05. The van der Waals surface area contributed by atoms with E-state index in [-0.39, 0.29) is 0 Å². The minimum Gasteiger partial charge on any atom is -0.497 e. The molecule has 0 saturated heterocycles. The van der Waals surface area contributed by atoms with E-state index < -0.39 is 0 Å². The Morgan fingerprint density at radius 1 is 1.12 bits per heavy atom. The number of aromatic nitrogens is 2. The number of nitrogens with zero attached hydrogens (tertiary/aromatic N) is 2. The second-order valence-electron chi connectivity index (χ2n) is 6.21. The zero-order valence-corrected chi connectivity index (χ0v) is 14.7. The lowest BCUT2D eigenvalue weighted by Crippen LogP contribution is -2.02. The largest absolute Gasteiger partial charge is 0.497 e. The molecule has 5 heteroatoms. The number of rotatable bonds is 6. The predicted octanol–water partition coefficient (Wildman–Crippen LogP) is 3.85. The highest BCUT2D eigenvalue weighted by Crippen LogP contribution is 2.25. The fourth-order valence-corrected chi connectivity index (χ4v) is 3.23. The Morgan fingerprint density at radius 2 is 1.92 bits per heavy atom. The van der Waals surface area contributed by atoms with Crippen molar-refractivity contribution in [2.75, 3.05) is 13.7 Å². The number of fused-ring (bicyclic) bond motifs is 1.